The van der Waals surface area contributed by atoms with Gasteiger partial charge in [-0.2, -0.15) is 12.6 Å². The maximum Gasteiger partial charge on any atom is 0.0100 e. The molecule has 0 aliphatic heterocycles. The first-order valence-corrected chi connectivity index (χ1v) is 13.4. The van der Waals surface area contributed by atoms with Crippen molar-refractivity contribution in [1.29, 1.82) is 0 Å². The van der Waals surface area contributed by atoms with Crippen LogP contribution in [0, 0.1) is 34.5 Å². The monoisotopic (exact) mass is 430 g/mol. The van der Waals surface area contributed by atoms with Gasteiger partial charge in [0.15, 0.2) is 0 Å². The lowest BCUT2D eigenvalue weighted by atomic mass is 9.48. The molecule has 0 aromatic rings. The summed E-state index contributed by atoms with van der Waals surface area (Å²) in [5, 5.41) is 0.593. The van der Waals surface area contributed by atoms with Crippen LogP contribution in [0.2, 0.25) is 0 Å². The molecule has 0 radical (unpaired) electrons. The van der Waals surface area contributed by atoms with E-state index in [0.29, 0.717) is 16.1 Å². The minimum Gasteiger partial charge on any atom is -0.176 e. The lowest BCUT2D eigenvalue weighted by Gasteiger charge is -2.57. The van der Waals surface area contributed by atoms with Gasteiger partial charge >= 0.3 is 0 Å². The number of hydrogen-bond donors (Lipinski definition) is 1. The third-order valence-electron chi connectivity index (χ3n) is 8.83. The maximum absolute atomic E-state index is 4.18. The summed E-state index contributed by atoms with van der Waals surface area (Å²) in [6, 6.07) is 0. The fourth-order valence-corrected chi connectivity index (χ4v) is 7.21. The van der Waals surface area contributed by atoms with Crippen LogP contribution in [-0.4, -0.2) is 5.25 Å². The molecule has 0 heterocycles. The number of fused-ring (bicyclic) bond motifs is 5. The average Bonchev–Trinajstić information content (AvgIpc) is 2.98. The molecule has 0 N–H and O–H groups in total. The van der Waals surface area contributed by atoms with Crippen molar-refractivity contribution in [3.63, 3.8) is 0 Å². The molecular weight excluding hydrogens is 380 g/mol. The van der Waals surface area contributed by atoms with Gasteiger partial charge < -0.3 is 0 Å². The van der Waals surface area contributed by atoms with Crippen LogP contribution in [0.5, 0.6) is 0 Å². The molecule has 172 valence electrons. The van der Waals surface area contributed by atoms with Crippen molar-refractivity contribution < 1.29 is 0 Å². The maximum atomic E-state index is 4.18. The van der Waals surface area contributed by atoms with Gasteiger partial charge in [-0.15, -0.1) is 0 Å². The molecule has 0 aromatic heterocycles. The Labute approximate surface area is 194 Å². The summed E-state index contributed by atoms with van der Waals surface area (Å²) in [5.41, 5.74) is 3.85. The van der Waals surface area contributed by atoms with Crippen LogP contribution in [0.15, 0.2) is 36.0 Å². The summed E-state index contributed by atoms with van der Waals surface area (Å²) in [4.78, 5) is 0. The number of rotatable bonds is 2. The topological polar surface area (TPSA) is 0 Å². The molecule has 0 amide bonds. The highest BCUT2D eigenvalue weighted by Crippen LogP contribution is 2.65. The predicted octanol–water partition coefficient (Wildman–Crippen LogP) is 9.44. The first-order valence-electron chi connectivity index (χ1n) is 12.9. The normalized spacial score (nSPS) is 39.9. The van der Waals surface area contributed by atoms with Crippen molar-refractivity contribution in [2.24, 2.45) is 34.5 Å². The number of allylic oxidation sites excluding steroid dienone is 5. The molecule has 4 rings (SSSR count). The molecule has 3 saturated carbocycles. The third-order valence-corrected chi connectivity index (χ3v) is 9.09. The zero-order valence-electron chi connectivity index (χ0n) is 21.1. The summed E-state index contributed by atoms with van der Waals surface area (Å²) in [5.74, 6) is 3.77. The molecule has 0 spiro atoms. The highest BCUT2D eigenvalue weighted by molar-refractivity contribution is 7.80. The zero-order valence-corrected chi connectivity index (χ0v) is 22.0. The Balaban J connectivity index is 0.000000305. The van der Waals surface area contributed by atoms with E-state index < -0.39 is 0 Å². The van der Waals surface area contributed by atoms with Crippen LogP contribution in [0.1, 0.15) is 106 Å². The molecule has 0 nitrogen and oxygen atoms in total. The zero-order chi connectivity index (χ0) is 22.5. The third kappa shape index (κ3) is 5.31. The smallest absolute Gasteiger partial charge is 0.0100 e. The summed E-state index contributed by atoms with van der Waals surface area (Å²) in [7, 11) is 0. The number of thiol groups is 1. The summed E-state index contributed by atoms with van der Waals surface area (Å²) in [6.45, 7) is 20.3. The molecule has 0 aromatic carbocycles. The van der Waals surface area contributed by atoms with Gasteiger partial charge in [0.2, 0.25) is 0 Å². The molecule has 4 aliphatic rings. The first kappa shape index (κ1) is 25.8. The minimum absolute atomic E-state index is 0.331. The number of hydrogen-bond acceptors (Lipinski definition) is 1. The van der Waals surface area contributed by atoms with Crippen molar-refractivity contribution >= 4 is 12.6 Å². The quantitative estimate of drug-likeness (QED) is 0.414. The van der Waals surface area contributed by atoms with E-state index >= 15 is 0 Å². The second-order valence-corrected chi connectivity index (χ2v) is 12.0. The van der Waals surface area contributed by atoms with Crippen molar-refractivity contribution in [3.05, 3.63) is 36.0 Å². The van der Waals surface area contributed by atoms with E-state index in [1.54, 1.807) is 5.57 Å². The van der Waals surface area contributed by atoms with Gasteiger partial charge in [0.25, 0.3) is 0 Å². The summed E-state index contributed by atoms with van der Waals surface area (Å²) >= 11 is 4.18. The lowest BCUT2D eigenvalue weighted by molar-refractivity contribution is -0.0304. The van der Waals surface area contributed by atoms with E-state index in [1.807, 2.05) is 0 Å². The highest BCUT2D eigenvalue weighted by Gasteiger charge is 2.57. The molecule has 0 bridgehead atoms. The van der Waals surface area contributed by atoms with Gasteiger partial charge in [0, 0.05) is 5.41 Å². The van der Waals surface area contributed by atoms with Gasteiger partial charge in [-0.3, -0.25) is 0 Å². The van der Waals surface area contributed by atoms with Gasteiger partial charge in [-0.05, 0) is 84.9 Å². The predicted molar refractivity (Wildman–Crippen MR) is 139 cm³/mol. The van der Waals surface area contributed by atoms with E-state index in [9.17, 15) is 0 Å². The van der Waals surface area contributed by atoms with Crippen LogP contribution in [0.25, 0.3) is 0 Å². The van der Waals surface area contributed by atoms with E-state index in [1.165, 1.54) is 63.4 Å². The molecule has 7 atom stereocenters. The Hall–Kier alpha value is -0.430. The molecule has 4 aliphatic carbocycles. The van der Waals surface area contributed by atoms with Crippen LogP contribution in [0.3, 0.4) is 0 Å². The Morgan fingerprint density at radius 1 is 1.10 bits per heavy atom. The first-order chi connectivity index (χ1) is 14.1. The van der Waals surface area contributed by atoms with Gasteiger partial charge in [0.1, 0.15) is 0 Å². The highest BCUT2D eigenvalue weighted by atomic mass is 32.1. The standard InChI is InChI=1S/C21H30.C5H12S.C3H8/c1-14-9-11-21(4)16(13-14)6-7-17-18-8-5-15(2)20(18,3)12-10-19(17)21;1-3-4-5(2)6;1-3-2/h9,11,13,15,17-19H,1,5-8,10,12H2,2-4H3;5-6H,3-4H2,1-2H3;3H2,1-2H3. The van der Waals surface area contributed by atoms with Gasteiger partial charge in [0.05, 0.1) is 0 Å². The van der Waals surface area contributed by atoms with Crippen LogP contribution in [0.4, 0.5) is 0 Å². The fraction of sp³-hybridized carbons (Fsp3) is 0.793. The fourth-order valence-electron chi connectivity index (χ4n) is 6.96. The SMILES string of the molecule is C=C1C=CC2(C)C(=C1)CCC1C2CCC2(C)C(C)CCC12.CCC.CCCC(C)S. The molecule has 3 fully saturated rings. The van der Waals surface area contributed by atoms with E-state index in [-0.39, 0.29) is 0 Å². The molecular formula is C29H50S. The molecule has 7 unspecified atom stereocenters. The van der Waals surface area contributed by atoms with Crippen LogP contribution < -0.4 is 0 Å². The second kappa shape index (κ2) is 10.9. The van der Waals surface area contributed by atoms with Crippen molar-refractivity contribution in [2.45, 2.75) is 112 Å². The van der Waals surface area contributed by atoms with Gasteiger partial charge in [-0.1, -0.05) is 91.7 Å². The largest absolute Gasteiger partial charge is 0.176 e. The molecule has 30 heavy (non-hydrogen) atoms. The molecule has 1 heteroatoms. The van der Waals surface area contributed by atoms with Crippen LogP contribution >= 0.6 is 12.6 Å². The minimum atomic E-state index is 0.331. The Morgan fingerprint density at radius 3 is 2.33 bits per heavy atom. The Bertz CT molecular complexity index is 626. The van der Waals surface area contributed by atoms with Crippen molar-refractivity contribution in [3.8, 4) is 0 Å². The lowest BCUT2D eigenvalue weighted by Crippen LogP contribution is -2.49. The Kier molecular flexibility index (Phi) is 9.41. The summed E-state index contributed by atoms with van der Waals surface area (Å²) < 4.78 is 0. The Morgan fingerprint density at radius 2 is 1.77 bits per heavy atom. The van der Waals surface area contributed by atoms with E-state index in [4.69, 9.17) is 0 Å². The summed E-state index contributed by atoms with van der Waals surface area (Å²) in [6.07, 6.45) is 19.5. The van der Waals surface area contributed by atoms with Crippen molar-refractivity contribution in [2.75, 3.05) is 0 Å². The van der Waals surface area contributed by atoms with Crippen molar-refractivity contribution in [1.82, 2.24) is 0 Å². The average molecular weight is 431 g/mol. The van der Waals surface area contributed by atoms with Gasteiger partial charge in [-0.25, -0.2) is 0 Å². The van der Waals surface area contributed by atoms with E-state index in [2.05, 4.69) is 85.9 Å². The van der Waals surface area contributed by atoms with E-state index in [0.717, 1.165) is 23.7 Å². The van der Waals surface area contributed by atoms with Crippen LogP contribution in [-0.2, 0) is 0 Å². The second-order valence-electron chi connectivity index (χ2n) is 11.1. The molecule has 0 saturated heterocycles.